The molecule has 3 rings (SSSR count). The summed E-state index contributed by atoms with van der Waals surface area (Å²) in [5.41, 5.74) is 5.91. The first kappa shape index (κ1) is 13.1. The van der Waals surface area contributed by atoms with E-state index < -0.39 is 5.60 Å². The number of amides is 1. The smallest absolute Gasteiger partial charge is 0.256 e. The van der Waals surface area contributed by atoms with Gasteiger partial charge in [0.05, 0.1) is 24.3 Å². The maximum absolute atomic E-state index is 12.4. The van der Waals surface area contributed by atoms with Crippen LogP contribution in [0.15, 0.2) is 12.1 Å². The maximum Gasteiger partial charge on any atom is 0.256 e. The number of likely N-dealkylation sites (tertiary alicyclic amines) is 1. The summed E-state index contributed by atoms with van der Waals surface area (Å²) in [6, 6.07) is 3.21. The molecule has 6 nitrogen and oxygen atoms in total. The highest BCUT2D eigenvalue weighted by Gasteiger charge is 2.43. The Hall–Kier alpha value is -1.95. The Balaban J connectivity index is 1.76. The van der Waals surface area contributed by atoms with Crippen LogP contribution in [0.1, 0.15) is 30.1 Å². The Morgan fingerprint density at radius 2 is 2.05 bits per heavy atom. The second-order valence-corrected chi connectivity index (χ2v) is 5.43. The lowest BCUT2D eigenvalue weighted by atomic mass is 9.88. The standard InChI is InChI=1S/C14H18N2O4/c1-2-3-14(18)6-16(7-14)13(17)9-4-11-12(5-10(9)15)20-8-19-11/h4-5,18H,2-3,6-8,15H2,1H3. The third-order valence-corrected chi connectivity index (χ3v) is 3.75. The fourth-order valence-electron chi connectivity index (χ4n) is 2.74. The van der Waals surface area contributed by atoms with Crippen LogP contribution in [0.3, 0.4) is 0 Å². The number of carbonyl (C=O) groups is 1. The highest BCUT2D eigenvalue weighted by molar-refractivity contribution is 6.00. The predicted molar refractivity (Wildman–Crippen MR) is 72.7 cm³/mol. The van der Waals surface area contributed by atoms with Gasteiger partial charge in [-0.1, -0.05) is 13.3 Å². The van der Waals surface area contributed by atoms with E-state index in [2.05, 4.69) is 0 Å². The molecule has 0 atom stereocenters. The first-order chi connectivity index (χ1) is 9.52. The molecular formula is C14H18N2O4. The topological polar surface area (TPSA) is 85.0 Å². The minimum atomic E-state index is -0.741. The number of aliphatic hydroxyl groups is 1. The van der Waals surface area contributed by atoms with Crippen LogP contribution in [0.4, 0.5) is 5.69 Å². The molecule has 2 heterocycles. The van der Waals surface area contributed by atoms with Gasteiger partial charge in [0.2, 0.25) is 6.79 Å². The molecule has 2 aliphatic rings. The molecule has 0 radical (unpaired) electrons. The van der Waals surface area contributed by atoms with Crippen molar-refractivity contribution >= 4 is 11.6 Å². The van der Waals surface area contributed by atoms with Crippen molar-refractivity contribution in [1.29, 1.82) is 0 Å². The van der Waals surface area contributed by atoms with Gasteiger partial charge in [-0.05, 0) is 12.5 Å². The number of anilines is 1. The van der Waals surface area contributed by atoms with Gasteiger partial charge in [-0.25, -0.2) is 0 Å². The minimum absolute atomic E-state index is 0.145. The van der Waals surface area contributed by atoms with Crippen molar-refractivity contribution in [2.24, 2.45) is 0 Å². The van der Waals surface area contributed by atoms with Gasteiger partial charge < -0.3 is 25.2 Å². The molecule has 0 bridgehead atoms. The quantitative estimate of drug-likeness (QED) is 0.805. The number of β-amino-alcohol motifs (C(OH)–C–C–N with tert-alkyl or cyclic N) is 1. The SMILES string of the molecule is CCCC1(O)CN(C(=O)c2cc3c(cc2N)OCO3)C1. The summed E-state index contributed by atoms with van der Waals surface area (Å²) in [5.74, 6) is 0.915. The zero-order valence-corrected chi connectivity index (χ0v) is 11.4. The molecule has 3 N–H and O–H groups in total. The normalized spacial score (nSPS) is 18.8. The number of benzene rings is 1. The molecule has 0 saturated carbocycles. The van der Waals surface area contributed by atoms with Gasteiger partial charge in [-0.2, -0.15) is 0 Å². The number of hydrogen-bond acceptors (Lipinski definition) is 5. The van der Waals surface area contributed by atoms with Gasteiger partial charge in [-0.3, -0.25) is 4.79 Å². The van der Waals surface area contributed by atoms with Crippen molar-refractivity contribution in [2.75, 3.05) is 25.6 Å². The minimum Gasteiger partial charge on any atom is -0.454 e. The van der Waals surface area contributed by atoms with Crippen molar-refractivity contribution in [3.63, 3.8) is 0 Å². The van der Waals surface area contributed by atoms with E-state index >= 15 is 0 Å². The van der Waals surface area contributed by atoms with Crippen molar-refractivity contribution in [3.8, 4) is 11.5 Å². The lowest BCUT2D eigenvalue weighted by molar-refractivity contribution is -0.0859. The number of hydrogen-bond donors (Lipinski definition) is 2. The number of nitrogens with two attached hydrogens (primary N) is 1. The van der Waals surface area contributed by atoms with Crippen LogP contribution in [0, 0.1) is 0 Å². The van der Waals surface area contributed by atoms with Crippen LogP contribution < -0.4 is 15.2 Å². The summed E-state index contributed by atoms with van der Waals surface area (Å²) in [7, 11) is 0. The van der Waals surface area contributed by atoms with E-state index in [-0.39, 0.29) is 12.7 Å². The van der Waals surface area contributed by atoms with Gasteiger partial charge >= 0.3 is 0 Å². The van der Waals surface area contributed by atoms with Gasteiger partial charge in [0, 0.05) is 11.8 Å². The summed E-state index contributed by atoms with van der Waals surface area (Å²) in [6.45, 7) is 2.87. The van der Waals surface area contributed by atoms with Crippen molar-refractivity contribution in [2.45, 2.75) is 25.4 Å². The second kappa shape index (κ2) is 4.56. The van der Waals surface area contributed by atoms with Crippen molar-refractivity contribution in [1.82, 2.24) is 4.90 Å². The molecule has 20 heavy (non-hydrogen) atoms. The third-order valence-electron chi connectivity index (χ3n) is 3.75. The Morgan fingerprint density at radius 3 is 2.70 bits per heavy atom. The lowest BCUT2D eigenvalue weighted by Crippen LogP contribution is -2.63. The van der Waals surface area contributed by atoms with Crippen molar-refractivity contribution < 1.29 is 19.4 Å². The second-order valence-electron chi connectivity index (χ2n) is 5.43. The average molecular weight is 278 g/mol. The molecule has 108 valence electrons. The van der Waals surface area contributed by atoms with Gasteiger partial charge in [0.25, 0.3) is 5.91 Å². The van der Waals surface area contributed by atoms with E-state index in [1.807, 2.05) is 6.92 Å². The third kappa shape index (κ3) is 2.06. The highest BCUT2D eigenvalue weighted by Crippen LogP contribution is 2.37. The van der Waals surface area contributed by atoms with E-state index in [9.17, 15) is 9.90 Å². The summed E-state index contributed by atoms with van der Waals surface area (Å²) < 4.78 is 10.5. The summed E-state index contributed by atoms with van der Waals surface area (Å²) in [4.78, 5) is 14.0. The summed E-state index contributed by atoms with van der Waals surface area (Å²) >= 11 is 0. The molecular weight excluding hydrogens is 260 g/mol. The van der Waals surface area contributed by atoms with Crippen LogP contribution in [0.5, 0.6) is 11.5 Å². The molecule has 1 amide bonds. The van der Waals surface area contributed by atoms with Gasteiger partial charge in [0.15, 0.2) is 11.5 Å². The van der Waals surface area contributed by atoms with Gasteiger partial charge in [0.1, 0.15) is 0 Å². The zero-order chi connectivity index (χ0) is 14.3. The van der Waals surface area contributed by atoms with E-state index in [1.165, 1.54) is 0 Å². The molecule has 0 aliphatic carbocycles. The monoisotopic (exact) mass is 278 g/mol. The molecule has 1 saturated heterocycles. The largest absolute Gasteiger partial charge is 0.454 e. The maximum atomic E-state index is 12.4. The van der Waals surface area contributed by atoms with Crippen LogP contribution in [-0.4, -0.2) is 41.4 Å². The summed E-state index contributed by atoms with van der Waals surface area (Å²) in [5, 5.41) is 10.1. The van der Waals surface area contributed by atoms with E-state index in [1.54, 1.807) is 17.0 Å². The van der Waals surface area contributed by atoms with E-state index in [0.717, 1.165) is 6.42 Å². The van der Waals surface area contributed by atoms with E-state index in [4.69, 9.17) is 15.2 Å². The fourth-order valence-corrected chi connectivity index (χ4v) is 2.74. The average Bonchev–Trinajstić information content (AvgIpc) is 2.81. The predicted octanol–water partition coefficient (Wildman–Crippen LogP) is 0.985. The van der Waals surface area contributed by atoms with Crippen LogP contribution in [-0.2, 0) is 0 Å². The van der Waals surface area contributed by atoms with Crippen LogP contribution >= 0.6 is 0 Å². The Kier molecular flexibility index (Phi) is 2.97. The highest BCUT2D eigenvalue weighted by atomic mass is 16.7. The van der Waals surface area contributed by atoms with E-state index in [0.29, 0.717) is 42.3 Å². The Labute approximate surface area is 117 Å². The lowest BCUT2D eigenvalue weighted by Gasteiger charge is -2.46. The first-order valence-corrected chi connectivity index (χ1v) is 6.73. The first-order valence-electron chi connectivity index (χ1n) is 6.73. The van der Waals surface area contributed by atoms with Crippen molar-refractivity contribution in [3.05, 3.63) is 17.7 Å². The molecule has 1 aromatic rings. The number of rotatable bonds is 3. The number of ether oxygens (including phenoxy) is 2. The molecule has 0 unspecified atom stereocenters. The van der Waals surface area contributed by atoms with Crippen LogP contribution in [0.25, 0.3) is 0 Å². The Bertz CT molecular complexity index is 552. The number of fused-ring (bicyclic) bond motifs is 1. The van der Waals surface area contributed by atoms with Gasteiger partial charge in [-0.15, -0.1) is 0 Å². The molecule has 1 fully saturated rings. The fraction of sp³-hybridized carbons (Fsp3) is 0.500. The molecule has 0 aromatic heterocycles. The number of carbonyl (C=O) groups excluding carboxylic acids is 1. The number of nitrogens with zero attached hydrogens (tertiary/aromatic N) is 1. The molecule has 2 aliphatic heterocycles. The molecule has 0 spiro atoms. The zero-order valence-electron chi connectivity index (χ0n) is 11.4. The number of nitrogen functional groups attached to an aromatic ring is 1. The van der Waals surface area contributed by atoms with Crippen LogP contribution in [0.2, 0.25) is 0 Å². The molecule has 6 heteroatoms. The Morgan fingerprint density at radius 1 is 1.40 bits per heavy atom. The summed E-state index contributed by atoms with van der Waals surface area (Å²) in [6.07, 6.45) is 1.60. The molecule has 1 aromatic carbocycles.